The molecule has 0 aliphatic rings. The lowest BCUT2D eigenvalue weighted by atomic mass is 10.2. The number of hydrogen-bond donors (Lipinski definition) is 1. The van der Waals surface area contributed by atoms with Crippen LogP contribution in [0.15, 0.2) is 18.2 Å². The fraction of sp³-hybridized carbons (Fsp3) is 0.412. The van der Waals surface area contributed by atoms with Crippen molar-refractivity contribution in [1.82, 2.24) is 19.3 Å². The van der Waals surface area contributed by atoms with Gasteiger partial charge in [-0.1, -0.05) is 23.7 Å². The van der Waals surface area contributed by atoms with Crippen LogP contribution in [0.3, 0.4) is 0 Å². The van der Waals surface area contributed by atoms with Gasteiger partial charge in [0.1, 0.15) is 11.6 Å². The Morgan fingerprint density at radius 2 is 1.91 bits per heavy atom. The molecule has 0 spiro atoms. The van der Waals surface area contributed by atoms with Crippen LogP contribution >= 0.6 is 11.6 Å². The summed E-state index contributed by atoms with van der Waals surface area (Å²) in [5.74, 6) is 1.53. The average Bonchev–Trinajstić information content (AvgIpc) is 2.92. The van der Waals surface area contributed by atoms with Gasteiger partial charge in [0.05, 0.1) is 29.7 Å². The third-order valence-corrected chi connectivity index (χ3v) is 4.65. The Bertz CT molecular complexity index is 865. The van der Waals surface area contributed by atoms with Crippen LogP contribution < -0.4 is 0 Å². The molecule has 0 unspecified atom stereocenters. The number of halogens is 1. The molecule has 2 aromatic heterocycles. The Labute approximate surface area is 140 Å². The summed E-state index contributed by atoms with van der Waals surface area (Å²) in [6.45, 7) is 8.77. The van der Waals surface area contributed by atoms with E-state index in [1.807, 2.05) is 26.0 Å². The van der Waals surface area contributed by atoms with Crippen LogP contribution in [-0.4, -0.2) is 30.5 Å². The first kappa shape index (κ1) is 16.0. The second kappa shape index (κ2) is 5.98. The van der Waals surface area contributed by atoms with Gasteiger partial charge in [0.25, 0.3) is 0 Å². The highest BCUT2D eigenvalue weighted by Crippen LogP contribution is 2.30. The SMILES string of the molecule is Cc1nc(C)n(C[C@@H](O)Cn2c(C)c(C)c3cccc(Cl)c32)n1. The Hall–Kier alpha value is -1.85. The van der Waals surface area contributed by atoms with Gasteiger partial charge in [0.2, 0.25) is 0 Å². The summed E-state index contributed by atoms with van der Waals surface area (Å²) in [5.41, 5.74) is 3.30. The summed E-state index contributed by atoms with van der Waals surface area (Å²) in [6, 6.07) is 5.91. The van der Waals surface area contributed by atoms with E-state index in [0.717, 1.165) is 28.2 Å². The molecule has 1 atom stereocenters. The summed E-state index contributed by atoms with van der Waals surface area (Å²) >= 11 is 6.39. The van der Waals surface area contributed by atoms with Crippen molar-refractivity contribution in [2.24, 2.45) is 0 Å². The van der Waals surface area contributed by atoms with E-state index in [0.29, 0.717) is 18.1 Å². The average molecular weight is 333 g/mol. The van der Waals surface area contributed by atoms with E-state index in [-0.39, 0.29) is 0 Å². The van der Waals surface area contributed by atoms with Gasteiger partial charge in [-0.05, 0) is 39.3 Å². The van der Waals surface area contributed by atoms with Gasteiger partial charge in [0, 0.05) is 11.1 Å². The first-order valence-electron chi connectivity index (χ1n) is 7.68. The molecule has 122 valence electrons. The molecule has 23 heavy (non-hydrogen) atoms. The van der Waals surface area contributed by atoms with Crippen LogP contribution in [0.5, 0.6) is 0 Å². The van der Waals surface area contributed by atoms with Crippen molar-refractivity contribution in [3.8, 4) is 0 Å². The smallest absolute Gasteiger partial charge is 0.147 e. The molecule has 6 heteroatoms. The number of aryl methyl sites for hydroxylation is 3. The van der Waals surface area contributed by atoms with E-state index in [9.17, 15) is 5.11 Å². The molecule has 5 nitrogen and oxygen atoms in total. The van der Waals surface area contributed by atoms with Crippen molar-refractivity contribution in [3.05, 3.63) is 46.1 Å². The summed E-state index contributed by atoms with van der Waals surface area (Å²) in [4.78, 5) is 4.27. The summed E-state index contributed by atoms with van der Waals surface area (Å²) < 4.78 is 3.84. The molecule has 1 N–H and O–H groups in total. The van der Waals surface area contributed by atoms with Crippen LogP contribution in [0, 0.1) is 27.7 Å². The predicted octanol–water partition coefficient (Wildman–Crippen LogP) is 3.18. The summed E-state index contributed by atoms with van der Waals surface area (Å²) in [5, 5.41) is 16.7. The summed E-state index contributed by atoms with van der Waals surface area (Å²) in [7, 11) is 0. The fourth-order valence-electron chi connectivity index (χ4n) is 3.09. The highest BCUT2D eigenvalue weighted by molar-refractivity contribution is 6.35. The second-order valence-electron chi connectivity index (χ2n) is 6.00. The molecule has 0 saturated carbocycles. The number of aromatic nitrogens is 4. The molecule has 0 fully saturated rings. The predicted molar refractivity (Wildman–Crippen MR) is 91.9 cm³/mol. The van der Waals surface area contributed by atoms with Gasteiger partial charge in [-0.15, -0.1) is 0 Å². The molecule has 3 rings (SSSR count). The highest BCUT2D eigenvalue weighted by Gasteiger charge is 2.17. The van der Waals surface area contributed by atoms with Crippen molar-refractivity contribution in [2.75, 3.05) is 0 Å². The van der Waals surface area contributed by atoms with E-state index >= 15 is 0 Å². The molecule has 0 amide bonds. The van der Waals surface area contributed by atoms with Crippen molar-refractivity contribution in [2.45, 2.75) is 46.9 Å². The number of fused-ring (bicyclic) bond motifs is 1. The molecular formula is C17H21ClN4O. The maximum absolute atomic E-state index is 10.5. The minimum Gasteiger partial charge on any atom is -0.389 e. The van der Waals surface area contributed by atoms with Gasteiger partial charge in [-0.2, -0.15) is 5.10 Å². The van der Waals surface area contributed by atoms with E-state index in [2.05, 4.69) is 34.6 Å². The molecule has 0 bridgehead atoms. The molecule has 0 aliphatic carbocycles. The minimum atomic E-state index is -0.570. The van der Waals surface area contributed by atoms with Crippen molar-refractivity contribution in [3.63, 3.8) is 0 Å². The standard InChI is InChI=1S/C17H21ClN4O/c1-10-11(2)21(17-15(10)6-5-7-16(17)18)8-14(23)9-22-13(4)19-12(3)20-22/h5-7,14,23H,8-9H2,1-4H3/t14-/m0/s1. The van der Waals surface area contributed by atoms with Crippen LogP contribution in [0.1, 0.15) is 22.9 Å². The molecule has 0 saturated heterocycles. The zero-order valence-corrected chi connectivity index (χ0v) is 14.6. The van der Waals surface area contributed by atoms with Crippen LogP contribution in [0.2, 0.25) is 5.02 Å². The lowest BCUT2D eigenvalue weighted by molar-refractivity contribution is 0.130. The fourth-order valence-corrected chi connectivity index (χ4v) is 3.36. The minimum absolute atomic E-state index is 0.412. The van der Waals surface area contributed by atoms with Gasteiger partial charge in [0.15, 0.2) is 0 Å². The maximum Gasteiger partial charge on any atom is 0.147 e. The molecule has 3 aromatic rings. The Morgan fingerprint density at radius 1 is 1.17 bits per heavy atom. The Kier molecular flexibility index (Phi) is 4.17. The first-order chi connectivity index (χ1) is 10.9. The molecule has 2 heterocycles. The number of benzene rings is 1. The van der Waals surface area contributed by atoms with Crippen LogP contribution in [-0.2, 0) is 13.1 Å². The van der Waals surface area contributed by atoms with Gasteiger partial charge >= 0.3 is 0 Å². The zero-order valence-electron chi connectivity index (χ0n) is 13.8. The third kappa shape index (κ3) is 2.86. The Morgan fingerprint density at radius 3 is 2.57 bits per heavy atom. The largest absolute Gasteiger partial charge is 0.389 e. The first-order valence-corrected chi connectivity index (χ1v) is 8.06. The van der Waals surface area contributed by atoms with E-state index < -0.39 is 6.10 Å². The highest BCUT2D eigenvalue weighted by atomic mass is 35.5. The number of para-hydroxylation sites is 1. The molecular weight excluding hydrogens is 312 g/mol. The number of rotatable bonds is 4. The maximum atomic E-state index is 10.5. The molecule has 0 radical (unpaired) electrons. The molecule has 1 aromatic carbocycles. The van der Waals surface area contributed by atoms with Crippen molar-refractivity contribution in [1.29, 1.82) is 0 Å². The number of nitrogens with zero attached hydrogens (tertiary/aromatic N) is 4. The number of aliphatic hydroxyl groups is 1. The lowest BCUT2D eigenvalue weighted by Gasteiger charge is -2.15. The van der Waals surface area contributed by atoms with Crippen molar-refractivity contribution >= 4 is 22.5 Å². The van der Waals surface area contributed by atoms with Crippen LogP contribution in [0.25, 0.3) is 10.9 Å². The van der Waals surface area contributed by atoms with Gasteiger partial charge in [-0.3, -0.25) is 0 Å². The van der Waals surface area contributed by atoms with Gasteiger partial charge < -0.3 is 9.67 Å². The quantitative estimate of drug-likeness (QED) is 0.798. The summed E-state index contributed by atoms with van der Waals surface area (Å²) in [6.07, 6.45) is -0.570. The van der Waals surface area contributed by atoms with E-state index in [1.165, 1.54) is 5.56 Å². The second-order valence-corrected chi connectivity index (χ2v) is 6.41. The lowest BCUT2D eigenvalue weighted by Crippen LogP contribution is -2.24. The molecule has 0 aliphatic heterocycles. The zero-order chi connectivity index (χ0) is 16.7. The topological polar surface area (TPSA) is 55.9 Å². The third-order valence-electron chi connectivity index (χ3n) is 4.35. The number of hydrogen-bond acceptors (Lipinski definition) is 3. The van der Waals surface area contributed by atoms with Gasteiger partial charge in [-0.25, -0.2) is 9.67 Å². The van der Waals surface area contributed by atoms with E-state index in [4.69, 9.17) is 11.6 Å². The number of aliphatic hydroxyl groups excluding tert-OH is 1. The Balaban J connectivity index is 1.92. The monoisotopic (exact) mass is 332 g/mol. The van der Waals surface area contributed by atoms with E-state index in [1.54, 1.807) is 4.68 Å². The van der Waals surface area contributed by atoms with Crippen molar-refractivity contribution < 1.29 is 5.11 Å². The van der Waals surface area contributed by atoms with Crippen LogP contribution in [0.4, 0.5) is 0 Å². The normalized spacial score (nSPS) is 13.0.